The predicted molar refractivity (Wildman–Crippen MR) is 118 cm³/mol. The maximum absolute atomic E-state index is 12.8. The molecule has 0 radical (unpaired) electrons. The number of H-pyrrole nitrogens is 1. The van der Waals surface area contributed by atoms with Crippen LogP contribution in [0, 0.1) is 6.92 Å². The SMILES string of the molecule is Cc1ccc(-c2csc3nc(CSCc4ccc5c(c4)OCO5)[nH]c(=O)c23)cc1. The van der Waals surface area contributed by atoms with Gasteiger partial charge in [-0.2, -0.15) is 0 Å². The highest BCUT2D eigenvalue weighted by Crippen LogP contribution is 2.34. The maximum Gasteiger partial charge on any atom is 0.260 e. The van der Waals surface area contributed by atoms with Crippen LogP contribution in [0.5, 0.6) is 11.5 Å². The number of benzene rings is 2. The fourth-order valence-electron chi connectivity index (χ4n) is 3.30. The Labute approximate surface area is 175 Å². The lowest BCUT2D eigenvalue weighted by atomic mass is 10.1. The van der Waals surface area contributed by atoms with Gasteiger partial charge in [-0.15, -0.1) is 23.1 Å². The first-order valence-corrected chi connectivity index (χ1v) is 11.2. The normalized spacial score (nSPS) is 12.6. The van der Waals surface area contributed by atoms with E-state index in [1.54, 1.807) is 11.8 Å². The van der Waals surface area contributed by atoms with Crippen LogP contribution in [0.4, 0.5) is 0 Å². The van der Waals surface area contributed by atoms with E-state index in [9.17, 15) is 4.79 Å². The van der Waals surface area contributed by atoms with Crippen molar-refractivity contribution in [2.24, 2.45) is 0 Å². The summed E-state index contributed by atoms with van der Waals surface area (Å²) in [6.07, 6.45) is 0. The molecule has 0 amide bonds. The van der Waals surface area contributed by atoms with Crippen molar-refractivity contribution in [3.8, 4) is 22.6 Å². The Bertz CT molecular complexity index is 1250. The van der Waals surface area contributed by atoms with Crippen molar-refractivity contribution in [1.82, 2.24) is 9.97 Å². The van der Waals surface area contributed by atoms with Crippen LogP contribution in [0.25, 0.3) is 21.3 Å². The van der Waals surface area contributed by atoms with Crippen LogP contribution in [0.15, 0.2) is 52.6 Å². The highest BCUT2D eigenvalue weighted by molar-refractivity contribution is 7.97. The summed E-state index contributed by atoms with van der Waals surface area (Å²) in [7, 11) is 0. The molecule has 1 aliphatic rings. The quantitative estimate of drug-likeness (QED) is 0.483. The van der Waals surface area contributed by atoms with Gasteiger partial charge in [0, 0.05) is 16.7 Å². The number of thioether (sulfide) groups is 1. The van der Waals surface area contributed by atoms with E-state index in [2.05, 4.69) is 29.0 Å². The molecule has 0 bridgehead atoms. The molecule has 1 N–H and O–H groups in total. The van der Waals surface area contributed by atoms with Gasteiger partial charge in [0.1, 0.15) is 10.7 Å². The third-order valence-electron chi connectivity index (χ3n) is 4.80. The number of thiophene rings is 1. The number of aryl methyl sites for hydroxylation is 1. The Morgan fingerprint density at radius 3 is 2.79 bits per heavy atom. The zero-order chi connectivity index (χ0) is 19.8. The van der Waals surface area contributed by atoms with Crippen molar-refractivity contribution in [2.45, 2.75) is 18.4 Å². The van der Waals surface area contributed by atoms with E-state index in [1.807, 2.05) is 35.7 Å². The van der Waals surface area contributed by atoms with Gasteiger partial charge in [0.15, 0.2) is 11.5 Å². The summed E-state index contributed by atoms with van der Waals surface area (Å²) >= 11 is 3.22. The van der Waals surface area contributed by atoms with Crippen LogP contribution in [0.3, 0.4) is 0 Å². The van der Waals surface area contributed by atoms with E-state index in [4.69, 9.17) is 9.47 Å². The van der Waals surface area contributed by atoms with E-state index < -0.39 is 0 Å². The van der Waals surface area contributed by atoms with Crippen LogP contribution in [0.1, 0.15) is 17.0 Å². The maximum atomic E-state index is 12.8. The summed E-state index contributed by atoms with van der Waals surface area (Å²) in [6, 6.07) is 14.2. The summed E-state index contributed by atoms with van der Waals surface area (Å²) in [5.41, 5.74) is 4.26. The van der Waals surface area contributed by atoms with Gasteiger partial charge in [-0.25, -0.2) is 4.98 Å². The first-order chi connectivity index (χ1) is 14.2. The molecule has 0 atom stereocenters. The van der Waals surface area contributed by atoms with Crippen molar-refractivity contribution in [3.63, 3.8) is 0 Å². The van der Waals surface area contributed by atoms with E-state index >= 15 is 0 Å². The number of aromatic nitrogens is 2. The first-order valence-electron chi connectivity index (χ1n) is 9.21. The van der Waals surface area contributed by atoms with E-state index in [1.165, 1.54) is 16.9 Å². The minimum Gasteiger partial charge on any atom is -0.454 e. The van der Waals surface area contributed by atoms with Gasteiger partial charge < -0.3 is 14.5 Å². The zero-order valence-corrected chi connectivity index (χ0v) is 17.4. The summed E-state index contributed by atoms with van der Waals surface area (Å²) in [5.74, 6) is 3.72. The molecule has 5 rings (SSSR count). The lowest BCUT2D eigenvalue weighted by Crippen LogP contribution is -2.10. The van der Waals surface area contributed by atoms with Crippen LogP contribution in [0.2, 0.25) is 0 Å². The van der Waals surface area contributed by atoms with Crippen molar-refractivity contribution in [1.29, 1.82) is 0 Å². The van der Waals surface area contributed by atoms with Crippen molar-refractivity contribution < 1.29 is 9.47 Å². The van der Waals surface area contributed by atoms with Gasteiger partial charge in [0.25, 0.3) is 5.56 Å². The van der Waals surface area contributed by atoms with Crippen molar-refractivity contribution >= 4 is 33.3 Å². The molecule has 1 aliphatic heterocycles. The Hall–Kier alpha value is -2.77. The largest absolute Gasteiger partial charge is 0.454 e. The second-order valence-corrected chi connectivity index (χ2v) is 8.73. The van der Waals surface area contributed by atoms with Crippen molar-refractivity contribution in [2.75, 3.05) is 6.79 Å². The average Bonchev–Trinajstić information content (AvgIpc) is 3.35. The third kappa shape index (κ3) is 3.63. The summed E-state index contributed by atoms with van der Waals surface area (Å²) in [4.78, 5) is 21.2. The smallest absolute Gasteiger partial charge is 0.260 e. The standard InChI is InChI=1S/C22H18N2O3S2/c1-13-2-5-15(6-3-13)16-10-29-22-20(16)21(25)23-19(24-22)11-28-9-14-4-7-17-18(8-14)27-12-26-17/h2-8,10H,9,11-12H2,1H3,(H,23,24,25). The van der Waals surface area contributed by atoms with Gasteiger partial charge in [-0.05, 0) is 30.2 Å². The molecule has 2 aromatic carbocycles. The lowest BCUT2D eigenvalue weighted by Gasteiger charge is -2.04. The number of ether oxygens (including phenoxy) is 2. The van der Waals surface area contributed by atoms with Crippen LogP contribution in [-0.4, -0.2) is 16.8 Å². The molecule has 146 valence electrons. The Balaban J connectivity index is 1.34. The van der Waals surface area contributed by atoms with Crippen LogP contribution >= 0.6 is 23.1 Å². The Kier molecular flexibility index (Phi) is 4.77. The molecule has 0 unspecified atom stereocenters. The fourth-order valence-corrected chi connectivity index (χ4v) is 5.12. The second-order valence-electron chi connectivity index (χ2n) is 6.89. The topological polar surface area (TPSA) is 64.2 Å². The summed E-state index contributed by atoms with van der Waals surface area (Å²) < 4.78 is 10.8. The zero-order valence-electron chi connectivity index (χ0n) is 15.7. The highest BCUT2D eigenvalue weighted by atomic mass is 32.2. The number of fused-ring (bicyclic) bond motifs is 2. The Morgan fingerprint density at radius 1 is 1.10 bits per heavy atom. The molecule has 0 aliphatic carbocycles. The van der Waals surface area contributed by atoms with Crippen LogP contribution < -0.4 is 15.0 Å². The van der Waals surface area contributed by atoms with Gasteiger partial charge in [0.05, 0.1) is 11.1 Å². The van der Waals surface area contributed by atoms with E-state index in [0.717, 1.165) is 38.8 Å². The highest BCUT2D eigenvalue weighted by Gasteiger charge is 2.14. The molecule has 0 saturated carbocycles. The molecule has 7 heteroatoms. The van der Waals surface area contributed by atoms with E-state index in [0.29, 0.717) is 17.0 Å². The van der Waals surface area contributed by atoms with Crippen LogP contribution in [-0.2, 0) is 11.5 Å². The van der Waals surface area contributed by atoms with Gasteiger partial charge >= 0.3 is 0 Å². The molecule has 29 heavy (non-hydrogen) atoms. The number of nitrogens with zero attached hydrogens (tertiary/aromatic N) is 1. The first kappa shape index (κ1) is 18.3. The summed E-state index contributed by atoms with van der Waals surface area (Å²) in [5, 5.41) is 2.68. The third-order valence-corrected chi connectivity index (χ3v) is 6.69. The molecular weight excluding hydrogens is 404 g/mol. The average molecular weight is 423 g/mol. The Morgan fingerprint density at radius 2 is 1.93 bits per heavy atom. The number of aromatic amines is 1. The van der Waals surface area contributed by atoms with Gasteiger partial charge in [0.2, 0.25) is 6.79 Å². The van der Waals surface area contributed by atoms with Gasteiger partial charge in [-0.1, -0.05) is 35.9 Å². The number of rotatable bonds is 5. The molecule has 2 aromatic heterocycles. The summed E-state index contributed by atoms with van der Waals surface area (Å²) in [6.45, 7) is 2.33. The molecule has 4 aromatic rings. The molecule has 0 saturated heterocycles. The molecular formula is C22H18N2O3S2. The lowest BCUT2D eigenvalue weighted by molar-refractivity contribution is 0.174. The molecule has 0 spiro atoms. The predicted octanol–water partition coefficient (Wildman–Crippen LogP) is 5.12. The minimum atomic E-state index is -0.0782. The monoisotopic (exact) mass is 422 g/mol. The molecule has 0 fully saturated rings. The number of nitrogens with one attached hydrogen (secondary N) is 1. The van der Waals surface area contributed by atoms with Crippen molar-refractivity contribution in [3.05, 3.63) is 75.1 Å². The molecule has 3 heterocycles. The minimum absolute atomic E-state index is 0.0782. The number of hydrogen-bond acceptors (Lipinski definition) is 6. The van der Waals surface area contributed by atoms with E-state index in [-0.39, 0.29) is 12.4 Å². The second kappa shape index (κ2) is 7.57. The number of hydrogen-bond donors (Lipinski definition) is 1. The fraction of sp³-hybridized carbons (Fsp3) is 0.182. The molecule has 5 nitrogen and oxygen atoms in total. The van der Waals surface area contributed by atoms with Gasteiger partial charge in [-0.3, -0.25) is 4.79 Å².